The molecule has 0 bridgehead atoms. The summed E-state index contributed by atoms with van der Waals surface area (Å²) >= 11 is 0. The van der Waals surface area contributed by atoms with Crippen molar-refractivity contribution in [1.29, 1.82) is 0 Å². The van der Waals surface area contributed by atoms with Crippen molar-refractivity contribution >= 4 is 60.3 Å². The lowest BCUT2D eigenvalue weighted by atomic mass is 9.69. The van der Waals surface area contributed by atoms with Gasteiger partial charge in [-0.1, -0.05) is 155 Å². The van der Waals surface area contributed by atoms with Crippen LogP contribution in [0, 0.1) is 11.8 Å². The molecule has 1 aliphatic carbocycles. The third kappa shape index (κ3) is 7.80. The largest absolute Gasteiger partial charge is 0.457 e. The summed E-state index contributed by atoms with van der Waals surface area (Å²) in [6.45, 7) is 13.5. The summed E-state index contributed by atoms with van der Waals surface area (Å²) in [5.41, 5.74) is 1.97. The Morgan fingerprint density at radius 1 is 0.855 bits per heavy atom. The number of ether oxygens (including phenoxy) is 1. The number of β-lactam (4-membered cyclic amide) rings is 1. The molecule has 4 aromatic rings. The van der Waals surface area contributed by atoms with E-state index in [1.54, 1.807) is 11.0 Å². The van der Waals surface area contributed by atoms with Gasteiger partial charge in [0.1, 0.15) is 12.0 Å². The number of Topliss-reactive ketones (excluding diaryl/α,β-unsaturated/α-hetero) is 1. The smallest absolute Gasteiger partial charge is 0.356 e. The van der Waals surface area contributed by atoms with Crippen LogP contribution in [0.1, 0.15) is 52.5 Å². The van der Waals surface area contributed by atoms with Gasteiger partial charge in [-0.3, -0.25) is 9.59 Å². The average molecular weight is 772 g/mol. The quantitative estimate of drug-likeness (QED) is 0.0361. The minimum atomic E-state index is -3.17. The Morgan fingerprint density at radius 2 is 1.35 bits per heavy atom. The fourth-order valence-electron chi connectivity index (χ4n) is 7.99. The van der Waals surface area contributed by atoms with Crippen LogP contribution in [-0.4, -0.2) is 55.0 Å². The number of rotatable bonds is 12. The number of hydrogen-bond acceptors (Lipinski definition) is 5. The fraction of sp³-hybridized carbons (Fsp3) is 0.319. The molecule has 2 fully saturated rings. The van der Waals surface area contributed by atoms with Gasteiger partial charge in [-0.05, 0) is 77.4 Å². The number of carbonyl (C=O) groups excluding carboxylic acids is 3. The molecule has 1 aliphatic heterocycles. The highest BCUT2D eigenvalue weighted by atomic mass is 31.2. The average Bonchev–Trinajstić information content (AvgIpc) is 3.18. The molecule has 2 aliphatic rings. The first-order chi connectivity index (χ1) is 26.3. The van der Waals surface area contributed by atoms with Gasteiger partial charge in [-0.25, -0.2) is 4.79 Å². The van der Waals surface area contributed by atoms with E-state index in [4.69, 9.17) is 9.16 Å². The molecule has 1 heterocycles. The Kier molecular flexibility index (Phi) is 12.2. The van der Waals surface area contributed by atoms with E-state index >= 15 is 9.59 Å². The molecule has 0 N–H and O–H groups in total. The van der Waals surface area contributed by atoms with Crippen LogP contribution in [0.25, 0.3) is 6.08 Å². The predicted molar refractivity (Wildman–Crippen MR) is 230 cm³/mol. The van der Waals surface area contributed by atoms with E-state index in [1.165, 1.54) is 0 Å². The maximum Gasteiger partial charge on any atom is 0.356 e. The van der Waals surface area contributed by atoms with Gasteiger partial charge < -0.3 is 14.1 Å². The number of carbonyl (C=O) groups is 3. The van der Waals surface area contributed by atoms with Gasteiger partial charge in [0.05, 0.1) is 18.1 Å². The summed E-state index contributed by atoms with van der Waals surface area (Å²) in [7, 11) is -2.36. The molecule has 6 rings (SSSR count). The minimum absolute atomic E-state index is 0.0176. The number of nitrogens with zero attached hydrogens (tertiary/aromatic N) is 1. The predicted octanol–water partition coefficient (Wildman–Crippen LogP) is 8.53. The highest BCUT2D eigenvalue weighted by Gasteiger charge is 2.60. The molecule has 0 spiro atoms. The number of hydrogen-bond donors (Lipinski definition) is 0. The van der Waals surface area contributed by atoms with Crippen molar-refractivity contribution in [3.05, 3.63) is 145 Å². The lowest BCUT2D eigenvalue weighted by molar-refractivity contribution is -0.162. The summed E-state index contributed by atoms with van der Waals surface area (Å²) in [5, 5.41) is 2.60. The van der Waals surface area contributed by atoms with Crippen LogP contribution >= 0.6 is 6.89 Å². The molecule has 1 saturated carbocycles. The van der Waals surface area contributed by atoms with Crippen molar-refractivity contribution in [2.75, 3.05) is 6.61 Å². The third-order valence-corrected chi connectivity index (χ3v) is 20.5. The summed E-state index contributed by atoms with van der Waals surface area (Å²) in [4.78, 5) is 47.0. The van der Waals surface area contributed by atoms with E-state index in [-0.39, 0.29) is 28.8 Å². The Bertz CT molecular complexity index is 1990. The first kappa shape index (κ1) is 40.1. The van der Waals surface area contributed by atoms with Gasteiger partial charge in [-0.2, -0.15) is 0 Å². The summed E-state index contributed by atoms with van der Waals surface area (Å²) < 4.78 is 13.0. The van der Waals surface area contributed by atoms with Crippen LogP contribution in [0.3, 0.4) is 0 Å². The Balaban J connectivity index is 1.66. The standard InChI is InChI=1S/C47H54NO5PSi/c1-8-32-52-46(51)45(54(37-25-15-10-16-26-37,38-27-17-11-18-28-38)39-29-19-12-20-30-39)48-42(41(44(48)50)34(2)53-55(6,7)47(3,4)5)40-31-21-24-36(43(40)49)33-35-22-13-9-14-23-35/h8-20,22-23,25-30,33-34,40-42H,1,21,24,31-32H2,2-7H3/t34-,40-,41-,42-/m1/s1. The molecule has 1 amide bonds. The lowest BCUT2D eigenvalue weighted by Crippen LogP contribution is -2.72. The first-order valence-corrected chi connectivity index (χ1v) is 24.0. The van der Waals surface area contributed by atoms with Crippen LogP contribution in [0.5, 0.6) is 0 Å². The van der Waals surface area contributed by atoms with Crippen LogP contribution < -0.4 is 15.9 Å². The molecule has 0 unspecified atom stereocenters. The topological polar surface area (TPSA) is 72.9 Å². The van der Waals surface area contributed by atoms with Gasteiger partial charge in [0.2, 0.25) is 5.91 Å². The van der Waals surface area contributed by atoms with E-state index in [2.05, 4.69) is 40.4 Å². The number of amides is 1. The number of allylic oxidation sites excluding steroid dienone is 1. The highest BCUT2D eigenvalue weighted by molar-refractivity contribution is 7.96. The number of likely N-dealkylation sites (tertiary alicyclic amines) is 1. The molecule has 1 saturated heterocycles. The Hall–Kier alpha value is -4.55. The second-order valence-electron chi connectivity index (χ2n) is 16.1. The van der Waals surface area contributed by atoms with Crippen molar-refractivity contribution in [3.63, 3.8) is 0 Å². The third-order valence-electron chi connectivity index (χ3n) is 11.6. The van der Waals surface area contributed by atoms with Crippen LogP contribution in [0.15, 0.2) is 140 Å². The molecule has 55 heavy (non-hydrogen) atoms. The molecule has 4 aromatic carbocycles. The second-order valence-corrected chi connectivity index (χ2v) is 24.2. The zero-order chi connectivity index (χ0) is 39.4. The number of ketones is 1. The van der Waals surface area contributed by atoms with Crippen molar-refractivity contribution in [1.82, 2.24) is 4.90 Å². The highest BCUT2D eigenvalue weighted by Crippen LogP contribution is 2.52. The fourth-order valence-corrected chi connectivity index (χ4v) is 13.8. The van der Waals surface area contributed by atoms with E-state index in [0.29, 0.717) is 12.8 Å². The molecule has 0 radical (unpaired) electrons. The zero-order valence-electron chi connectivity index (χ0n) is 33.0. The summed E-state index contributed by atoms with van der Waals surface area (Å²) in [6, 6.07) is 39.2. The maximum atomic E-state index is 15.3. The molecule has 8 heteroatoms. The molecular formula is C47H54NO5PSi. The van der Waals surface area contributed by atoms with Crippen molar-refractivity contribution in [2.45, 2.75) is 77.2 Å². The normalized spacial score (nSPS) is 20.4. The molecule has 4 atom stereocenters. The van der Waals surface area contributed by atoms with E-state index in [1.807, 2.05) is 134 Å². The van der Waals surface area contributed by atoms with Crippen molar-refractivity contribution in [3.8, 4) is 0 Å². The van der Waals surface area contributed by atoms with Crippen LogP contribution in [-0.2, 0) is 23.5 Å². The second kappa shape index (κ2) is 16.7. The van der Waals surface area contributed by atoms with Gasteiger partial charge >= 0.3 is 5.97 Å². The van der Waals surface area contributed by atoms with Crippen LogP contribution in [0.4, 0.5) is 0 Å². The number of benzene rings is 4. The van der Waals surface area contributed by atoms with E-state index in [9.17, 15) is 4.79 Å². The van der Waals surface area contributed by atoms with E-state index in [0.717, 1.165) is 33.5 Å². The molecule has 286 valence electrons. The van der Waals surface area contributed by atoms with Gasteiger partial charge in [0, 0.05) is 12.8 Å². The van der Waals surface area contributed by atoms with Crippen molar-refractivity contribution in [2.24, 2.45) is 11.8 Å². The number of esters is 1. The van der Waals surface area contributed by atoms with Gasteiger partial charge in [-0.15, -0.1) is 0 Å². The molecule has 6 nitrogen and oxygen atoms in total. The summed E-state index contributed by atoms with van der Waals surface area (Å²) in [6.07, 6.45) is 5.06. The maximum absolute atomic E-state index is 15.3. The lowest BCUT2D eigenvalue weighted by Gasteiger charge is -2.55. The van der Waals surface area contributed by atoms with Crippen molar-refractivity contribution < 1.29 is 23.5 Å². The van der Waals surface area contributed by atoms with Crippen LogP contribution in [0.2, 0.25) is 18.1 Å². The zero-order valence-corrected chi connectivity index (χ0v) is 34.9. The monoisotopic (exact) mass is 771 g/mol. The summed E-state index contributed by atoms with van der Waals surface area (Å²) in [5.74, 6) is -2.00. The molecular weight excluding hydrogens is 718 g/mol. The SMILES string of the molecule is C=CCOC(=O)C(N1C(=O)[C@H]([C@@H](C)O[Si](C)(C)C(C)(C)C)[C@H]1[C@H]1CCCC(=Cc2ccccc2)C1=O)=P(c1ccccc1)(c1ccccc1)c1ccccc1. The molecule has 0 aromatic heterocycles. The van der Waals surface area contributed by atoms with Gasteiger partial charge in [0.15, 0.2) is 14.1 Å². The minimum Gasteiger partial charge on any atom is -0.457 e. The van der Waals surface area contributed by atoms with E-state index < -0.39 is 45.2 Å². The Labute approximate surface area is 328 Å². The first-order valence-electron chi connectivity index (χ1n) is 19.3. The van der Waals surface area contributed by atoms with Gasteiger partial charge in [0.25, 0.3) is 0 Å². The Morgan fingerprint density at radius 3 is 1.82 bits per heavy atom.